The molecule has 4 nitrogen and oxygen atoms in total. The Bertz CT molecular complexity index is 875. The molecule has 1 heterocycles. The van der Waals surface area contributed by atoms with Gasteiger partial charge >= 0.3 is 5.97 Å². The zero-order chi connectivity index (χ0) is 18.4. The highest BCUT2D eigenvalue weighted by Crippen LogP contribution is 2.27. The van der Waals surface area contributed by atoms with Crippen LogP contribution in [0.1, 0.15) is 11.8 Å². The molecular weight excluding hydrogens is 346 g/mol. The summed E-state index contributed by atoms with van der Waals surface area (Å²) in [4.78, 5) is 25.3. The second-order valence-corrected chi connectivity index (χ2v) is 6.82. The van der Waals surface area contributed by atoms with Crippen molar-refractivity contribution in [1.82, 2.24) is 0 Å². The molecule has 5 heteroatoms. The van der Waals surface area contributed by atoms with E-state index in [2.05, 4.69) is 5.32 Å². The fraction of sp³-hybridized carbons (Fsp3) is 0.143. The Morgan fingerprint density at radius 1 is 1.00 bits per heavy atom. The molecule has 0 saturated carbocycles. The SMILES string of the molecule is C[C@H](OC(=O)Cc1cccs1)C(=O)Nc1ccccc1-c1ccccc1. The lowest BCUT2D eigenvalue weighted by molar-refractivity contribution is -0.152. The van der Waals surface area contributed by atoms with Gasteiger partial charge < -0.3 is 10.1 Å². The molecule has 0 saturated heterocycles. The highest BCUT2D eigenvalue weighted by Gasteiger charge is 2.19. The Hall–Kier alpha value is -2.92. The van der Waals surface area contributed by atoms with E-state index in [4.69, 9.17) is 4.74 Å². The minimum Gasteiger partial charge on any atom is -0.452 e. The molecule has 26 heavy (non-hydrogen) atoms. The Kier molecular flexibility index (Phi) is 5.81. The number of anilines is 1. The van der Waals surface area contributed by atoms with E-state index in [0.29, 0.717) is 5.69 Å². The van der Waals surface area contributed by atoms with Crippen molar-refractivity contribution in [3.8, 4) is 11.1 Å². The molecule has 0 fully saturated rings. The molecule has 0 aliphatic heterocycles. The maximum atomic E-state index is 12.4. The fourth-order valence-electron chi connectivity index (χ4n) is 2.54. The third kappa shape index (κ3) is 4.58. The van der Waals surface area contributed by atoms with Gasteiger partial charge in [0.1, 0.15) is 0 Å². The van der Waals surface area contributed by atoms with Gasteiger partial charge in [-0.15, -0.1) is 11.3 Å². The second-order valence-electron chi connectivity index (χ2n) is 5.79. The minimum atomic E-state index is -0.869. The number of carbonyl (C=O) groups is 2. The molecule has 0 bridgehead atoms. The number of amides is 1. The van der Waals surface area contributed by atoms with Gasteiger partial charge in [0, 0.05) is 16.1 Å². The third-order valence-electron chi connectivity index (χ3n) is 3.85. The zero-order valence-corrected chi connectivity index (χ0v) is 15.2. The lowest BCUT2D eigenvalue weighted by Crippen LogP contribution is -2.30. The lowest BCUT2D eigenvalue weighted by Gasteiger charge is -2.15. The summed E-state index contributed by atoms with van der Waals surface area (Å²) >= 11 is 1.49. The number of hydrogen-bond donors (Lipinski definition) is 1. The number of nitrogens with one attached hydrogen (secondary N) is 1. The van der Waals surface area contributed by atoms with E-state index in [1.807, 2.05) is 72.1 Å². The van der Waals surface area contributed by atoms with Crippen LogP contribution in [0, 0.1) is 0 Å². The van der Waals surface area contributed by atoms with E-state index in [0.717, 1.165) is 16.0 Å². The summed E-state index contributed by atoms with van der Waals surface area (Å²) < 4.78 is 5.26. The van der Waals surface area contributed by atoms with Crippen LogP contribution in [-0.2, 0) is 20.7 Å². The van der Waals surface area contributed by atoms with E-state index in [1.54, 1.807) is 6.92 Å². The predicted molar refractivity (Wildman–Crippen MR) is 104 cm³/mol. The number of ether oxygens (including phenoxy) is 1. The van der Waals surface area contributed by atoms with Crippen molar-refractivity contribution in [2.75, 3.05) is 5.32 Å². The van der Waals surface area contributed by atoms with Gasteiger partial charge in [0.15, 0.2) is 6.10 Å². The van der Waals surface area contributed by atoms with Gasteiger partial charge in [0.25, 0.3) is 5.91 Å². The topological polar surface area (TPSA) is 55.4 Å². The van der Waals surface area contributed by atoms with Crippen molar-refractivity contribution in [2.45, 2.75) is 19.4 Å². The monoisotopic (exact) mass is 365 g/mol. The quantitative estimate of drug-likeness (QED) is 0.653. The van der Waals surface area contributed by atoms with Gasteiger partial charge in [-0.3, -0.25) is 9.59 Å². The molecule has 2 aromatic carbocycles. The lowest BCUT2D eigenvalue weighted by atomic mass is 10.0. The van der Waals surface area contributed by atoms with Crippen LogP contribution in [0.5, 0.6) is 0 Å². The average Bonchev–Trinajstić information content (AvgIpc) is 3.15. The molecular formula is C21H19NO3S. The van der Waals surface area contributed by atoms with E-state index < -0.39 is 12.1 Å². The molecule has 1 amide bonds. The summed E-state index contributed by atoms with van der Waals surface area (Å²) in [6.07, 6.45) is -0.693. The molecule has 0 aliphatic carbocycles. The molecule has 132 valence electrons. The first kappa shape index (κ1) is 17.9. The van der Waals surface area contributed by atoms with Crippen LogP contribution in [0.25, 0.3) is 11.1 Å². The first-order valence-corrected chi connectivity index (χ1v) is 9.18. The number of para-hydroxylation sites is 1. The van der Waals surface area contributed by atoms with Crippen molar-refractivity contribution in [3.05, 3.63) is 77.0 Å². The van der Waals surface area contributed by atoms with Crippen LogP contribution in [0.3, 0.4) is 0 Å². The third-order valence-corrected chi connectivity index (χ3v) is 4.72. The summed E-state index contributed by atoms with van der Waals surface area (Å²) in [5, 5.41) is 4.76. The predicted octanol–water partition coefficient (Wildman–Crippen LogP) is 4.53. The van der Waals surface area contributed by atoms with Gasteiger partial charge in [0.2, 0.25) is 0 Å². The van der Waals surface area contributed by atoms with Gasteiger partial charge in [-0.05, 0) is 30.0 Å². The number of esters is 1. The van der Waals surface area contributed by atoms with Crippen LogP contribution < -0.4 is 5.32 Å². The largest absolute Gasteiger partial charge is 0.452 e. The molecule has 1 atom stereocenters. The molecule has 3 rings (SSSR count). The van der Waals surface area contributed by atoms with E-state index >= 15 is 0 Å². The van der Waals surface area contributed by atoms with Crippen LogP contribution in [0.2, 0.25) is 0 Å². The number of benzene rings is 2. The first-order chi connectivity index (χ1) is 12.6. The molecule has 0 unspecified atom stereocenters. The molecule has 0 aliphatic rings. The Morgan fingerprint density at radius 3 is 2.46 bits per heavy atom. The number of rotatable bonds is 6. The minimum absolute atomic E-state index is 0.176. The van der Waals surface area contributed by atoms with E-state index in [-0.39, 0.29) is 12.3 Å². The maximum Gasteiger partial charge on any atom is 0.311 e. The van der Waals surface area contributed by atoms with Gasteiger partial charge in [0.05, 0.1) is 6.42 Å². The second kappa shape index (κ2) is 8.45. The Balaban J connectivity index is 1.65. The summed E-state index contributed by atoms with van der Waals surface area (Å²) in [6.45, 7) is 1.58. The van der Waals surface area contributed by atoms with Crippen LogP contribution in [0.4, 0.5) is 5.69 Å². The standard InChI is InChI=1S/C21H19NO3S/c1-15(25-20(23)14-17-10-7-13-26-17)21(24)22-19-12-6-5-11-18(19)16-8-3-2-4-9-16/h2-13,15H,14H2,1H3,(H,22,24)/t15-/m0/s1. The zero-order valence-electron chi connectivity index (χ0n) is 14.3. The normalized spacial score (nSPS) is 11.6. The van der Waals surface area contributed by atoms with Crippen LogP contribution >= 0.6 is 11.3 Å². The van der Waals surface area contributed by atoms with Gasteiger partial charge in [-0.25, -0.2) is 0 Å². The molecule has 1 aromatic heterocycles. The highest BCUT2D eigenvalue weighted by molar-refractivity contribution is 7.10. The Morgan fingerprint density at radius 2 is 1.73 bits per heavy atom. The van der Waals surface area contributed by atoms with Crippen molar-refractivity contribution in [2.24, 2.45) is 0 Å². The Labute approximate surface area is 156 Å². The van der Waals surface area contributed by atoms with Crippen molar-refractivity contribution < 1.29 is 14.3 Å². The van der Waals surface area contributed by atoms with E-state index in [1.165, 1.54) is 11.3 Å². The molecule has 0 radical (unpaired) electrons. The molecule has 0 spiro atoms. The summed E-state index contributed by atoms with van der Waals surface area (Å²) in [5.41, 5.74) is 2.61. The first-order valence-electron chi connectivity index (χ1n) is 8.30. The van der Waals surface area contributed by atoms with Crippen LogP contribution in [0.15, 0.2) is 72.1 Å². The summed E-state index contributed by atoms with van der Waals surface area (Å²) in [7, 11) is 0. The fourth-order valence-corrected chi connectivity index (χ4v) is 3.23. The number of hydrogen-bond acceptors (Lipinski definition) is 4. The van der Waals surface area contributed by atoms with Crippen molar-refractivity contribution >= 4 is 28.9 Å². The van der Waals surface area contributed by atoms with Crippen molar-refractivity contribution in [1.29, 1.82) is 0 Å². The average molecular weight is 365 g/mol. The number of carbonyl (C=O) groups excluding carboxylic acids is 2. The summed E-state index contributed by atoms with van der Waals surface area (Å²) in [6, 6.07) is 21.1. The maximum absolute atomic E-state index is 12.4. The van der Waals surface area contributed by atoms with Gasteiger partial charge in [-0.1, -0.05) is 54.6 Å². The molecule has 3 aromatic rings. The van der Waals surface area contributed by atoms with Gasteiger partial charge in [-0.2, -0.15) is 0 Å². The van der Waals surface area contributed by atoms with Crippen molar-refractivity contribution in [3.63, 3.8) is 0 Å². The van der Waals surface area contributed by atoms with Crippen LogP contribution in [-0.4, -0.2) is 18.0 Å². The van der Waals surface area contributed by atoms with E-state index in [9.17, 15) is 9.59 Å². The molecule has 1 N–H and O–H groups in total. The number of thiophene rings is 1. The smallest absolute Gasteiger partial charge is 0.311 e. The highest BCUT2D eigenvalue weighted by atomic mass is 32.1. The summed E-state index contributed by atoms with van der Waals surface area (Å²) in [5.74, 6) is -0.764.